The van der Waals surface area contributed by atoms with Crippen LogP contribution in [0.15, 0.2) is 65.1 Å². The number of carboxylic acids is 1. The van der Waals surface area contributed by atoms with Crippen LogP contribution in [0.3, 0.4) is 0 Å². The zero-order chi connectivity index (χ0) is 32.6. The second-order valence-electron chi connectivity index (χ2n) is 10.5. The molecule has 2 aromatic carbocycles. The molecule has 3 amide bonds. The van der Waals surface area contributed by atoms with Gasteiger partial charge in [-0.1, -0.05) is 75.6 Å². The summed E-state index contributed by atoms with van der Waals surface area (Å²) in [5, 5.41) is 15.8. The number of hydroxylamine groups is 2. The smallest absolute Gasteiger partial charge is 0.307 e. The second-order valence-corrected chi connectivity index (χ2v) is 10.5. The van der Waals surface area contributed by atoms with Crippen LogP contribution in [-0.2, 0) is 32.2 Å². The van der Waals surface area contributed by atoms with Gasteiger partial charge in [0.2, 0.25) is 12.3 Å². The summed E-state index contributed by atoms with van der Waals surface area (Å²) >= 11 is 0. The van der Waals surface area contributed by atoms with Crippen LogP contribution in [0.5, 0.6) is 5.75 Å². The molecule has 3 N–H and O–H groups in total. The summed E-state index contributed by atoms with van der Waals surface area (Å²) in [7, 11) is 0. The average molecular weight is 622 g/mol. The Hall–Kier alpha value is -4.64. The van der Waals surface area contributed by atoms with Crippen LogP contribution in [0, 0.1) is 5.92 Å². The van der Waals surface area contributed by atoms with Crippen molar-refractivity contribution in [3.05, 3.63) is 77.6 Å². The second kappa shape index (κ2) is 18.2. The lowest BCUT2D eigenvalue weighted by atomic mass is 9.90. The standard InChI is InChI=1S/C34H43N3O8/c1-4-7-9-14-27(28(5-2)37(23-38)44-21-24-12-10-8-11-13-24)33(41)35-22-36-34(42)30-18-17-29(45-30)25-15-16-26(20-32(39)40)31(19-25)43-6-3/h8,10-13,15-19,23,27-28H,4-7,9,14,20-22H2,1-3H3,(H,35,41)(H,36,42)(H,39,40). The third-order valence-corrected chi connectivity index (χ3v) is 7.33. The van der Waals surface area contributed by atoms with Crippen molar-refractivity contribution in [1.82, 2.24) is 15.7 Å². The molecule has 2 atom stereocenters. The van der Waals surface area contributed by atoms with Gasteiger partial charge in [-0.25, -0.2) is 5.06 Å². The topological polar surface area (TPSA) is 147 Å². The van der Waals surface area contributed by atoms with E-state index in [1.807, 2.05) is 37.3 Å². The summed E-state index contributed by atoms with van der Waals surface area (Å²) in [5.74, 6) is -1.46. The first-order valence-electron chi connectivity index (χ1n) is 15.3. The number of carboxylic acid groups (broad SMARTS) is 1. The molecule has 0 fully saturated rings. The molecule has 45 heavy (non-hydrogen) atoms. The lowest BCUT2D eigenvalue weighted by Crippen LogP contribution is -2.48. The van der Waals surface area contributed by atoms with E-state index >= 15 is 0 Å². The number of furan rings is 1. The zero-order valence-corrected chi connectivity index (χ0v) is 26.1. The number of rotatable bonds is 20. The largest absolute Gasteiger partial charge is 0.494 e. The number of unbranched alkanes of at least 4 members (excludes halogenated alkanes) is 2. The van der Waals surface area contributed by atoms with Crippen LogP contribution in [0.4, 0.5) is 0 Å². The molecule has 0 radical (unpaired) electrons. The molecule has 0 bridgehead atoms. The molecule has 11 heteroatoms. The Bertz CT molecular complexity index is 1390. The van der Waals surface area contributed by atoms with Crippen molar-refractivity contribution in [3.63, 3.8) is 0 Å². The van der Waals surface area contributed by atoms with Crippen molar-refractivity contribution in [2.24, 2.45) is 5.92 Å². The maximum atomic E-state index is 13.4. The fraction of sp³-hybridized carbons (Fsp3) is 0.412. The number of nitrogens with zero attached hydrogens (tertiary/aromatic N) is 1. The molecule has 242 valence electrons. The van der Waals surface area contributed by atoms with Gasteiger partial charge in [-0.05, 0) is 43.5 Å². The Morgan fingerprint density at radius 2 is 1.78 bits per heavy atom. The molecule has 0 aliphatic rings. The Kier molecular flexibility index (Phi) is 14.1. The fourth-order valence-electron chi connectivity index (χ4n) is 5.03. The van der Waals surface area contributed by atoms with E-state index in [2.05, 4.69) is 17.6 Å². The summed E-state index contributed by atoms with van der Waals surface area (Å²) in [6.07, 6.45) is 4.22. The van der Waals surface area contributed by atoms with E-state index in [1.165, 1.54) is 11.1 Å². The summed E-state index contributed by atoms with van der Waals surface area (Å²) in [4.78, 5) is 55.3. The molecule has 0 spiro atoms. The average Bonchev–Trinajstić information content (AvgIpc) is 3.54. The molecule has 11 nitrogen and oxygen atoms in total. The van der Waals surface area contributed by atoms with Crippen molar-refractivity contribution in [2.45, 2.75) is 71.9 Å². The van der Waals surface area contributed by atoms with Gasteiger partial charge in [0.15, 0.2) is 5.76 Å². The number of nitrogens with one attached hydrogen (secondary N) is 2. The molecule has 2 unspecified atom stereocenters. The molecule has 3 rings (SSSR count). The highest BCUT2D eigenvalue weighted by Crippen LogP contribution is 2.29. The van der Waals surface area contributed by atoms with E-state index in [0.717, 1.165) is 24.8 Å². The molecule has 0 aliphatic heterocycles. The maximum Gasteiger partial charge on any atom is 0.307 e. The van der Waals surface area contributed by atoms with Crippen molar-refractivity contribution in [2.75, 3.05) is 13.3 Å². The van der Waals surface area contributed by atoms with E-state index in [0.29, 0.717) is 48.5 Å². The van der Waals surface area contributed by atoms with Crippen molar-refractivity contribution in [1.29, 1.82) is 0 Å². The highest BCUT2D eigenvalue weighted by atomic mass is 16.7. The Labute approximate surface area is 263 Å². The number of benzene rings is 2. The molecular weight excluding hydrogens is 578 g/mol. The molecule has 0 saturated heterocycles. The number of carbonyl (C=O) groups excluding carboxylic acids is 3. The predicted molar refractivity (Wildman–Crippen MR) is 168 cm³/mol. The van der Waals surface area contributed by atoms with Gasteiger partial charge in [-0.2, -0.15) is 0 Å². The SMILES string of the molecule is CCCCCC(C(=O)NCNC(=O)c1ccc(-c2ccc(CC(=O)O)c(OCC)c2)o1)C(CC)N(C=O)OCc1ccccc1. The highest BCUT2D eigenvalue weighted by molar-refractivity contribution is 5.92. The molecule has 1 heterocycles. The minimum atomic E-state index is -0.970. The van der Waals surface area contributed by atoms with Gasteiger partial charge < -0.3 is 24.9 Å². The molecular formula is C34H43N3O8. The quantitative estimate of drug-likeness (QED) is 0.0663. The molecule has 3 aromatic rings. The summed E-state index contributed by atoms with van der Waals surface area (Å²) in [5.41, 5.74) is 2.06. The van der Waals surface area contributed by atoms with Crippen LogP contribution in [0.25, 0.3) is 11.3 Å². The molecule has 0 saturated carbocycles. The first kappa shape index (κ1) is 34.8. The summed E-state index contributed by atoms with van der Waals surface area (Å²) in [6, 6.07) is 17.2. The van der Waals surface area contributed by atoms with E-state index < -0.39 is 23.8 Å². The lowest BCUT2D eigenvalue weighted by Gasteiger charge is -2.32. The van der Waals surface area contributed by atoms with Crippen LogP contribution < -0.4 is 15.4 Å². The first-order valence-corrected chi connectivity index (χ1v) is 15.3. The van der Waals surface area contributed by atoms with Gasteiger partial charge >= 0.3 is 5.97 Å². The highest BCUT2D eigenvalue weighted by Gasteiger charge is 2.32. The van der Waals surface area contributed by atoms with Crippen LogP contribution >= 0.6 is 0 Å². The van der Waals surface area contributed by atoms with Gasteiger partial charge in [0.25, 0.3) is 5.91 Å². The number of amides is 3. The van der Waals surface area contributed by atoms with Gasteiger partial charge in [-0.3, -0.25) is 24.0 Å². The normalized spacial score (nSPS) is 12.2. The third-order valence-electron chi connectivity index (χ3n) is 7.33. The summed E-state index contributed by atoms with van der Waals surface area (Å²) < 4.78 is 11.4. The predicted octanol–water partition coefficient (Wildman–Crippen LogP) is 5.34. The first-order chi connectivity index (χ1) is 21.8. The van der Waals surface area contributed by atoms with Crippen molar-refractivity contribution in [3.8, 4) is 17.1 Å². The fourth-order valence-corrected chi connectivity index (χ4v) is 5.03. The molecule has 1 aromatic heterocycles. The molecule has 0 aliphatic carbocycles. The number of hydrogen-bond donors (Lipinski definition) is 3. The van der Waals surface area contributed by atoms with Crippen LogP contribution in [0.1, 0.15) is 74.6 Å². The Morgan fingerprint density at radius 3 is 2.44 bits per heavy atom. The Balaban J connectivity index is 1.63. The van der Waals surface area contributed by atoms with Gasteiger partial charge in [0.05, 0.1) is 31.7 Å². The van der Waals surface area contributed by atoms with E-state index in [-0.39, 0.29) is 31.4 Å². The van der Waals surface area contributed by atoms with Crippen LogP contribution in [0.2, 0.25) is 0 Å². The third kappa shape index (κ3) is 10.5. The monoisotopic (exact) mass is 621 g/mol. The number of hydrogen-bond acceptors (Lipinski definition) is 7. The minimum absolute atomic E-state index is 0.0409. The zero-order valence-electron chi connectivity index (χ0n) is 26.1. The summed E-state index contributed by atoms with van der Waals surface area (Å²) in [6.45, 7) is 6.20. The van der Waals surface area contributed by atoms with Gasteiger partial charge in [0.1, 0.15) is 18.1 Å². The Morgan fingerprint density at radius 1 is 1.00 bits per heavy atom. The van der Waals surface area contributed by atoms with Crippen molar-refractivity contribution >= 4 is 24.2 Å². The number of aliphatic carboxylic acids is 1. The number of carbonyl (C=O) groups is 4. The van der Waals surface area contributed by atoms with E-state index in [1.54, 1.807) is 31.2 Å². The number of ether oxygens (including phenoxy) is 1. The maximum absolute atomic E-state index is 13.4. The lowest BCUT2D eigenvalue weighted by molar-refractivity contribution is -0.200. The van der Waals surface area contributed by atoms with Crippen LogP contribution in [-0.4, -0.2) is 53.7 Å². The van der Waals surface area contributed by atoms with Crippen molar-refractivity contribution < 1.29 is 38.3 Å². The van der Waals surface area contributed by atoms with Gasteiger partial charge in [0, 0.05) is 11.1 Å². The van der Waals surface area contributed by atoms with E-state index in [9.17, 15) is 19.2 Å². The van der Waals surface area contributed by atoms with Gasteiger partial charge in [-0.15, -0.1) is 0 Å². The van der Waals surface area contributed by atoms with E-state index in [4.69, 9.17) is 19.1 Å². The minimum Gasteiger partial charge on any atom is -0.494 e.